The molecule has 1 heterocycles. The van der Waals surface area contributed by atoms with Gasteiger partial charge in [-0.15, -0.1) is 0 Å². The molecule has 1 saturated heterocycles. The second-order valence-corrected chi connectivity index (χ2v) is 6.36. The smallest absolute Gasteiger partial charge is 0.227 e. The Morgan fingerprint density at radius 1 is 1.00 bits per heavy atom. The van der Waals surface area contributed by atoms with Gasteiger partial charge in [-0.2, -0.15) is 0 Å². The maximum absolute atomic E-state index is 12.6. The van der Waals surface area contributed by atoms with Crippen LogP contribution in [0.15, 0.2) is 12.1 Å². The molecule has 1 aliphatic heterocycles. The molecule has 2 fully saturated rings. The molecule has 1 aromatic carbocycles. The molecular weight excluding hydrogens is 308 g/mol. The fourth-order valence-electron chi connectivity index (χ4n) is 3.30. The molecule has 1 saturated carbocycles. The molecule has 0 aromatic heterocycles. The molecule has 0 radical (unpaired) electrons. The topological polar surface area (TPSA) is 51.2 Å². The van der Waals surface area contributed by atoms with E-state index in [4.69, 9.17) is 14.2 Å². The summed E-state index contributed by atoms with van der Waals surface area (Å²) in [6.07, 6.45) is 2.99. The summed E-state index contributed by atoms with van der Waals surface area (Å²) in [6.45, 7) is 3.62. The van der Waals surface area contributed by atoms with Crippen LogP contribution >= 0.6 is 0 Å². The molecule has 0 spiro atoms. The van der Waals surface area contributed by atoms with Crippen molar-refractivity contribution in [3.63, 3.8) is 0 Å². The molecule has 1 aromatic rings. The number of carbonyl (C=O) groups excluding carboxylic acids is 1. The first-order valence-corrected chi connectivity index (χ1v) is 8.47. The number of hydrogen-bond acceptors (Lipinski definition) is 5. The Hall–Kier alpha value is -1.95. The van der Waals surface area contributed by atoms with Gasteiger partial charge in [-0.1, -0.05) is 0 Å². The van der Waals surface area contributed by atoms with Gasteiger partial charge >= 0.3 is 0 Å². The summed E-state index contributed by atoms with van der Waals surface area (Å²) < 4.78 is 16.0. The van der Waals surface area contributed by atoms with Gasteiger partial charge in [0.05, 0.1) is 27.8 Å². The summed E-state index contributed by atoms with van der Waals surface area (Å²) >= 11 is 0. The van der Waals surface area contributed by atoms with E-state index in [9.17, 15) is 4.79 Å². The van der Waals surface area contributed by atoms with Crippen LogP contribution in [0.3, 0.4) is 0 Å². The third-order valence-electron chi connectivity index (χ3n) is 4.81. The number of benzene rings is 1. The highest BCUT2D eigenvalue weighted by molar-refractivity contribution is 5.79. The molecule has 0 bridgehead atoms. The number of methoxy groups -OCH3 is 3. The minimum atomic E-state index is 0.153. The highest BCUT2D eigenvalue weighted by atomic mass is 16.5. The van der Waals surface area contributed by atoms with E-state index in [0.717, 1.165) is 37.8 Å². The second-order valence-electron chi connectivity index (χ2n) is 6.36. The fourth-order valence-corrected chi connectivity index (χ4v) is 3.30. The summed E-state index contributed by atoms with van der Waals surface area (Å²) in [4.78, 5) is 17.1. The van der Waals surface area contributed by atoms with Crippen molar-refractivity contribution in [2.45, 2.75) is 25.3 Å². The van der Waals surface area contributed by atoms with E-state index in [1.165, 1.54) is 12.8 Å². The SMILES string of the molecule is COc1cc(CC(=O)N2CCN(C3CC3)CC2)cc(OC)c1OC. The first kappa shape index (κ1) is 16.9. The summed E-state index contributed by atoms with van der Waals surface area (Å²) in [5.41, 5.74) is 0.874. The summed E-state index contributed by atoms with van der Waals surface area (Å²) in [6, 6.07) is 4.47. The van der Waals surface area contributed by atoms with Gasteiger partial charge in [-0.25, -0.2) is 0 Å². The van der Waals surface area contributed by atoms with Gasteiger partial charge in [-0.3, -0.25) is 9.69 Å². The van der Waals surface area contributed by atoms with E-state index in [1.54, 1.807) is 21.3 Å². The lowest BCUT2D eigenvalue weighted by molar-refractivity contribution is -0.132. The zero-order chi connectivity index (χ0) is 17.1. The lowest BCUT2D eigenvalue weighted by atomic mass is 10.1. The summed E-state index contributed by atoms with van der Waals surface area (Å²) in [7, 11) is 4.74. The van der Waals surface area contributed by atoms with E-state index >= 15 is 0 Å². The largest absolute Gasteiger partial charge is 0.493 e. The average molecular weight is 334 g/mol. The molecule has 0 unspecified atom stereocenters. The predicted molar refractivity (Wildman–Crippen MR) is 91.0 cm³/mol. The van der Waals surface area contributed by atoms with Crippen LogP contribution in [-0.4, -0.2) is 69.3 Å². The quantitative estimate of drug-likeness (QED) is 0.790. The van der Waals surface area contributed by atoms with Crippen molar-refractivity contribution in [3.05, 3.63) is 17.7 Å². The number of hydrogen-bond donors (Lipinski definition) is 0. The minimum absolute atomic E-state index is 0.153. The van der Waals surface area contributed by atoms with Gasteiger partial charge in [0.2, 0.25) is 11.7 Å². The maximum atomic E-state index is 12.6. The number of amides is 1. The van der Waals surface area contributed by atoms with Crippen LogP contribution in [0.1, 0.15) is 18.4 Å². The lowest BCUT2D eigenvalue weighted by Crippen LogP contribution is -2.49. The third-order valence-corrected chi connectivity index (χ3v) is 4.81. The number of ether oxygens (including phenoxy) is 3. The molecule has 6 heteroatoms. The minimum Gasteiger partial charge on any atom is -0.493 e. The standard InChI is InChI=1S/C18H26N2O4/c1-22-15-10-13(11-16(23-2)18(15)24-3)12-17(21)20-8-6-19(7-9-20)14-4-5-14/h10-11,14H,4-9,12H2,1-3H3. The molecule has 1 amide bonds. The maximum Gasteiger partial charge on any atom is 0.227 e. The Morgan fingerprint density at radius 2 is 1.58 bits per heavy atom. The monoisotopic (exact) mass is 334 g/mol. The van der Waals surface area contributed by atoms with Crippen molar-refractivity contribution in [2.75, 3.05) is 47.5 Å². The predicted octanol–water partition coefficient (Wildman–Crippen LogP) is 1.56. The van der Waals surface area contributed by atoms with Gasteiger partial charge in [0, 0.05) is 32.2 Å². The molecule has 6 nitrogen and oxygen atoms in total. The molecule has 2 aliphatic rings. The molecule has 1 aliphatic carbocycles. The number of piperazine rings is 1. The van der Waals surface area contributed by atoms with Crippen molar-refractivity contribution >= 4 is 5.91 Å². The van der Waals surface area contributed by atoms with E-state index in [1.807, 2.05) is 17.0 Å². The van der Waals surface area contributed by atoms with Gasteiger partial charge < -0.3 is 19.1 Å². The number of carbonyl (C=O) groups is 1. The van der Waals surface area contributed by atoms with E-state index < -0.39 is 0 Å². The molecule has 3 rings (SSSR count). The van der Waals surface area contributed by atoms with E-state index in [2.05, 4.69) is 4.90 Å². The van der Waals surface area contributed by atoms with Gasteiger partial charge in [0.15, 0.2) is 11.5 Å². The van der Waals surface area contributed by atoms with Crippen molar-refractivity contribution in [1.29, 1.82) is 0 Å². The summed E-state index contributed by atoms with van der Waals surface area (Å²) in [5.74, 6) is 1.87. The second kappa shape index (κ2) is 7.30. The van der Waals surface area contributed by atoms with Crippen LogP contribution in [-0.2, 0) is 11.2 Å². The Kier molecular flexibility index (Phi) is 5.14. The van der Waals surface area contributed by atoms with E-state index in [0.29, 0.717) is 23.7 Å². The van der Waals surface area contributed by atoms with Gasteiger partial charge in [-0.05, 0) is 30.5 Å². The Bertz CT molecular complexity index is 568. The van der Waals surface area contributed by atoms with Gasteiger partial charge in [0.25, 0.3) is 0 Å². The van der Waals surface area contributed by atoms with Crippen LogP contribution < -0.4 is 14.2 Å². The lowest BCUT2D eigenvalue weighted by Gasteiger charge is -2.35. The first-order valence-electron chi connectivity index (χ1n) is 8.47. The Morgan fingerprint density at radius 3 is 2.04 bits per heavy atom. The van der Waals surface area contributed by atoms with Crippen molar-refractivity contribution < 1.29 is 19.0 Å². The molecule has 24 heavy (non-hydrogen) atoms. The highest BCUT2D eigenvalue weighted by Crippen LogP contribution is 2.38. The highest BCUT2D eigenvalue weighted by Gasteiger charge is 2.32. The zero-order valence-corrected chi connectivity index (χ0v) is 14.7. The van der Waals surface area contributed by atoms with Crippen LogP contribution in [0.5, 0.6) is 17.2 Å². The Labute approximate surface area is 143 Å². The van der Waals surface area contributed by atoms with E-state index in [-0.39, 0.29) is 5.91 Å². The Balaban J connectivity index is 1.65. The van der Waals surface area contributed by atoms with Crippen LogP contribution in [0.4, 0.5) is 0 Å². The molecule has 132 valence electrons. The molecular formula is C18H26N2O4. The fraction of sp³-hybridized carbons (Fsp3) is 0.611. The molecule has 0 atom stereocenters. The zero-order valence-electron chi connectivity index (χ0n) is 14.7. The van der Waals surface area contributed by atoms with Crippen LogP contribution in [0, 0.1) is 0 Å². The molecule has 0 N–H and O–H groups in total. The van der Waals surface area contributed by atoms with Gasteiger partial charge in [0.1, 0.15) is 0 Å². The van der Waals surface area contributed by atoms with Crippen molar-refractivity contribution in [3.8, 4) is 17.2 Å². The van der Waals surface area contributed by atoms with Crippen LogP contribution in [0.2, 0.25) is 0 Å². The normalized spacial score (nSPS) is 18.4. The van der Waals surface area contributed by atoms with Crippen molar-refractivity contribution in [1.82, 2.24) is 9.80 Å². The average Bonchev–Trinajstić information content (AvgIpc) is 3.46. The third kappa shape index (κ3) is 3.59. The number of nitrogens with zero attached hydrogens (tertiary/aromatic N) is 2. The first-order chi connectivity index (χ1) is 11.7. The summed E-state index contributed by atoms with van der Waals surface area (Å²) in [5, 5.41) is 0. The number of rotatable bonds is 6. The van der Waals surface area contributed by atoms with Crippen LogP contribution in [0.25, 0.3) is 0 Å². The van der Waals surface area contributed by atoms with Crippen molar-refractivity contribution in [2.24, 2.45) is 0 Å².